The van der Waals surface area contributed by atoms with Gasteiger partial charge in [-0.3, -0.25) is 14.5 Å². The molecule has 1 saturated heterocycles. The summed E-state index contributed by atoms with van der Waals surface area (Å²) < 4.78 is 10.1. The van der Waals surface area contributed by atoms with Crippen molar-refractivity contribution in [2.24, 2.45) is 10.9 Å². The summed E-state index contributed by atoms with van der Waals surface area (Å²) in [5.41, 5.74) is 0.506. The highest BCUT2D eigenvalue weighted by Crippen LogP contribution is 2.23. The molecule has 1 N–H and O–H groups in total. The smallest absolute Gasteiger partial charge is 0.350 e. The molecule has 0 bridgehead atoms. The topological polar surface area (TPSA) is 114 Å². The van der Waals surface area contributed by atoms with Crippen LogP contribution in [0.4, 0.5) is 4.79 Å². The second kappa shape index (κ2) is 10.3. The molecule has 0 radical (unpaired) electrons. The second-order valence-corrected chi connectivity index (χ2v) is 7.49. The van der Waals surface area contributed by atoms with E-state index < -0.39 is 17.9 Å². The minimum atomic E-state index is -0.667. The van der Waals surface area contributed by atoms with Crippen LogP contribution in [0.15, 0.2) is 28.8 Å². The van der Waals surface area contributed by atoms with Crippen molar-refractivity contribution in [3.63, 3.8) is 0 Å². The zero-order valence-electron chi connectivity index (χ0n) is 17.1. The summed E-state index contributed by atoms with van der Waals surface area (Å²) in [7, 11) is 1.26. The summed E-state index contributed by atoms with van der Waals surface area (Å²) in [6.45, 7) is 1.57. The van der Waals surface area contributed by atoms with Crippen LogP contribution < -0.4 is 5.32 Å². The standard InChI is InChI=1S/C21H27N3O6/c1-29-20(27)14-8-9-16-17(12-14)23-21(28)24(19(16)26)10-4-2-3-7-18(25)22-13-15-6-5-11-30-15/h8-9,12,15-16H,2-7,10-11,13H2,1H3,(H,22,25). The number of nitrogens with zero attached hydrogens (tertiary/aromatic N) is 2. The second-order valence-electron chi connectivity index (χ2n) is 7.49. The molecule has 4 amide bonds. The van der Waals surface area contributed by atoms with Crippen molar-refractivity contribution in [2.75, 3.05) is 26.8 Å². The van der Waals surface area contributed by atoms with Gasteiger partial charge in [0.25, 0.3) is 0 Å². The van der Waals surface area contributed by atoms with Crippen LogP contribution in [0.2, 0.25) is 0 Å². The molecule has 0 aromatic rings. The van der Waals surface area contributed by atoms with E-state index in [1.165, 1.54) is 19.3 Å². The Bertz CT molecular complexity index is 795. The fraction of sp³-hybridized carbons (Fsp3) is 0.571. The van der Waals surface area contributed by atoms with E-state index in [0.717, 1.165) is 24.3 Å². The minimum absolute atomic E-state index is 0.00888. The zero-order chi connectivity index (χ0) is 21.5. The molecule has 3 aliphatic rings. The maximum atomic E-state index is 12.7. The van der Waals surface area contributed by atoms with Gasteiger partial charge in [0.1, 0.15) is 0 Å². The number of carbonyl (C=O) groups is 4. The number of rotatable bonds is 9. The third-order valence-corrected chi connectivity index (χ3v) is 5.34. The summed E-state index contributed by atoms with van der Waals surface area (Å²) in [6, 6.07) is -0.628. The maximum Gasteiger partial charge on any atom is 0.350 e. The molecule has 1 fully saturated rings. The average molecular weight is 417 g/mol. The lowest BCUT2D eigenvalue weighted by atomic mass is 9.92. The molecule has 2 atom stereocenters. The predicted octanol–water partition coefficient (Wildman–Crippen LogP) is 1.53. The Hall–Kier alpha value is -2.81. The molecule has 2 aliphatic heterocycles. The van der Waals surface area contributed by atoms with Crippen LogP contribution >= 0.6 is 0 Å². The highest BCUT2D eigenvalue weighted by Gasteiger charge is 2.36. The van der Waals surface area contributed by atoms with Gasteiger partial charge in [0.15, 0.2) is 0 Å². The summed E-state index contributed by atoms with van der Waals surface area (Å²) in [5, 5.41) is 2.88. The first kappa shape index (κ1) is 21.9. The predicted molar refractivity (Wildman–Crippen MR) is 108 cm³/mol. The molecule has 162 valence electrons. The zero-order valence-corrected chi connectivity index (χ0v) is 17.1. The number of methoxy groups -OCH3 is 1. The van der Waals surface area contributed by atoms with E-state index in [0.29, 0.717) is 32.2 Å². The molecule has 9 heteroatoms. The number of amides is 4. The fourth-order valence-electron chi connectivity index (χ4n) is 3.64. The molecule has 0 spiro atoms. The van der Waals surface area contributed by atoms with Gasteiger partial charge in [0.05, 0.1) is 30.4 Å². The summed E-state index contributed by atoms with van der Waals surface area (Å²) in [6.07, 6.45) is 9.04. The van der Waals surface area contributed by atoms with Crippen LogP contribution in [0.1, 0.15) is 38.5 Å². The van der Waals surface area contributed by atoms with E-state index in [-0.39, 0.29) is 35.7 Å². The van der Waals surface area contributed by atoms with Crippen molar-refractivity contribution in [3.8, 4) is 0 Å². The number of aliphatic imine (C=N–C) groups is 1. The van der Waals surface area contributed by atoms with Crippen LogP contribution in [0.3, 0.4) is 0 Å². The molecular weight excluding hydrogens is 390 g/mol. The van der Waals surface area contributed by atoms with Crippen molar-refractivity contribution < 1.29 is 28.7 Å². The Morgan fingerprint density at radius 2 is 2.13 bits per heavy atom. The van der Waals surface area contributed by atoms with Gasteiger partial charge in [-0.05, 0) is 31.8 Å². The van der Waals surface area contributed by atoms with Crippen molar-refractivity contribution in [3.05, 3.63) is 23.8 Å². The number of allylic oxidation sites excluding steroid dienone is 1. The Balaban J connectivity index is 1.40. The lowest BCUT2D eigenvalue weighted by molar-refractivity contribution is -0.136. The SMILES string of the molecule is COC(=O)C1=CC2=NC(=O)N(CCCCCC(=O)NCC3CCCO3)C(=O)C2C=C1. The van der Waals surface area contributed by atoms with Gasteiger partial charge in [-0.15, -0.1) is 0 Å². The van der Waals surface area contributed by atoms with E-state index in [4.69, 9.17) is 4.74 Å². The van der Waals surface area contributed by atoms with Gasteiger partial charge >= 0.3 is 12.0 Å². The number of fused-ring (bicyclic) bond motifs is 1. The van der Waals surface area contributed by atoms with E-state index in [2.05, 4.69) is 15.0 Å². The summed E-state index contributed by atoms with van der Waals surface area (Å²) in [5.74, 6) is -1.57. The highest BCUT2D eigenvalue weighted by molar-refractivity contribution is 6.23. The molecule has 2 unspecified atom stereocenters. The first-order valence-electron chi connectivity index (χ1n) is 10.3. The molecule has 1 aliphatic carbocycles. The van der Waals surface area contributed by atoms with Gasteiger partial charge in [0, 0.05) is 26.1 Å². The lowest BCUT2D eigenvalue weighted by Gasteiger charge is -2.28. The first-order valence-corrected chi connectivity index (χ1v) is 10.3. The molecule has 9 nitrogen and oxygen atoms in total. The lowest BCUT2D eigenvalue weighted by Crippen LogP contribution is -2.46. The number of hydrogen-bond acceptors (Lipinski definition) is 6. The van der Waals surface area contributed by atoms with Gasteiger partial charge in [-0.1, -0.05) is 18.6 Å². The molecule has 30 heavy (non-hydrogen) atoms. The normalized spacial score (nSPS) is 23.0. The molecule has 0 aromatic carbocycles. The Labute approximate surface area is 175 Å². The monoisotopic (exact) mass is 417 g/mol. The maximum absolute atomic E-state index is 12.7. The molecule has 2 heterocycles. The van der Waals surface area contributed by atoms with Crippen LogP contribution in [0, 0.1) is 5.92 Å². The summed E-state index contributed by atoms with van der Waals surface area (Å²) in [4.78, 5) is 53.5. The fourth-order valence-corrected chi connectivity index (χ4v) is 3.64. The van der Waals surface area contributed by atoms with Crippen molar-refractivity contribution in [1.82, 2.24) is 10.2 Å². The van der Waals surface area contributed by atoms with E-state index >= 15 is 0 Å². The number of carbonyl (C=O) groups excluding carboxylic acids is 4. The molecule has 0 saturated carbocycles. The van der Waals surface area contributed by atoms with Gasteiger partial charge in [-0.2, -0.15) is 4.99 Å². The van der Waals surface area contributed by atoms with Gasteiger partial charge in [-0.25, -0.2) is 9.59 Å². The number of imide groups is 1. The van der Waals surface area contributed by atoms with E-state index in [1.807, 2.05) is 0 Å². The number of esters is 1. The van der Waals surface area contributed by atoms with E-state index in [9.17, 15) is 19.2 Å². The number of ether oxygens (including phenoxy) is 2. The largest absolute Gasteiger partial charge is 0.465 e. The van der Waals surface area contributed by atoms with Crippen molar-refractivity contribution >= 4 is 29.5 Å². The van der Waals surface area contributed by atoms with Crippen LogP contribution in [0.25, 0.3) is 0 Å². The van der Waals surface area contributed by atoms with Crippen molar-refractivity contribution in [2.45, 2.75) is 44.6 Å². The number of hydrogen-bond donors (Lipinski definition) is 1. The van der Waals surface area contributed by atoms with Crippen molar-refractivity contribution in [1.29, 1.82) is 0 Å². The van der Waals surface area contributed by atoms with Crippen LogP contribution in [-0.4, -0.2) is 67.3 Å². The third kappa shape index (κ3) is 5.41. The average Bonchev–Trinajstić information content (AvgIpc) is 3.26. The third-order valence-electron chi connectivity index (χ3n) is 5.34. The van der Waals surface area contributed by atoms with Crippen LogP contribution in [0.5, 0.6) is 0 Å². The minimum Gasteiger partial charge on any atom is -0.465 e. The van der Waals surface area contributed by atoms with E-state index in [1.54, 1.807) is 6.08 Å². The highest BCUT2D eigenvalue weighted by atomic mass is 16.5. The molecular formula is C21H27N3O6. The molecule has 0 aromatic heterocycles. The van der Waals surface area contributed by atoms with Crippen LogP contribution in [-0.2, 0) is 23.9 Å². The van der Waals surface area contributed by atoms with Gasteiger partial charge < -0.3 is 14.8 Å². The Kier molecular flexibility index (Phi) is 7.51. The Morgan fingerprint density at radius 1 is 1.30 bits per heavy atom. The first-order chi connectivity index (χ1) is 14.5. The summed E-state index contributed by atoms with van der Waals surface area (Å²) >= 11 is 0. The number of nitrogens with one attached hydrogen (secondary N) is 1. The van der Waals surface area contributed by atoms with Gasteiger partial charge in [0.2, 0.25) is 11.8 Å². The quantitative estimate of drug-likeness (QED) is 0.449. The number of unbranched alkanes of at least 4 members (excludes halogenated alkanes) is 2. The molecule has 3 rings (SSSR count). The Morgan fingerprint density at radius 3 is 2.87 bits per heavy atom. The number of urea groups is 1.